The van der Waals surface area contributed by atoms with Crippen LogP contribution in [0, 0.1) is 6.58 Å². The van der Waals surface area contributed by atoms with Crippen molar-refractivity contribution in [2.45, 2.75) is 20.8 Å². The number of rotatable bonds is 2. The van der Waals surface area contributed by atoms with Crippen LogP contribution in [0.15, 0.2) is 5.57 Å². The molecule has 0 rings (SSSR count). The topological polar surface area (TPSA) is 37.4 Å². The molecule has 0 fully saturated rings. The van der Waals surface area contributed by atoms with Crippen molar-refractivity contribution in [2.24, 2.45) is 0 Å². The Morgan fingerprint density at radius 1 is 1.42 bits per heavy atom. The first-order valence-electron chi connectivity index (χ1n) is 3.34. The molecule has 0 aliphatic carbocycles. The van der Waals surface area contributed by atoms with Gasteiger partial charge in [0.2, 0.25) is 0 Å². The van der Waals surface area contributed by atoms with E-state index in [0.29, 0.717) is 0 Å². The molecule has 0 saturated carbocycles. The van der Waals surface area contributed by atoms with E-state index in [-0.39, 0.29) is 28.0 Å². The van der Waals surface area contributed by atoms with Gasteiger partial charge in [0.25, 0.3) is 0 Å². The molecular weight excluding hydrogens is 235 g/mol. The van der Waals surface area contributed by atoms with E-state index in [9.17, 15) is 9.59 Å². The van der Waals surface area contributed by atoms with Crippen molar-refractivity contribution in [2.75, 3.05) is 7.05 Å². The first-order chi connectivity index (χ1) is 5.09. The van der Waals surface area contributed by atoms with Crippen LogP contribution in [0.3, 0.4) is 0 Å². The van der Waals surface area contributed by atoms with Gasteiger partial charge in [0, 0.05) is 0 Å². The maximum absolute atomic E-state index is 10.6. The minimum absolute atomic E-state index is 0. The predicted molar refractivity (Wildman–Crippen MR) is 43.3 cm³/mol. The summed E-state index contributed by atoms with van der Waals surface area (Å²) in [6.45, 7) is 10.5. The zero-order valence-electron chi connectivity index (χ0n) is 7.79. The Morgan fingerprint density at radius 2 is 1.75 bits per heavy atom. The average Bonchev–Trinajstić information content (AvgIpc) is 2.05. The maximum Gasteiger partial charge on any atom is 2.00 e. The van der Waals surface area contributed by atoms with Crippen LogP contribution < -0.4 is 0 Å². The van der Waals surface area contributed by atoms with Crippen molar-refractivity contribution in [3.05, 3.63) is 12.2 Å². The van der Waals surface area contributed by atoms with Crippen molar-refractivity contribution in [3.8, 4) is 0 Å². The second-order valence-electron chi connectivity index (χ2n) is 1.64. The number of imide groups is 1. The normalized spacial score (nSPS) is 6.67. The van der Waals surface area contributed by atoms with Crippen molar-refractivity contribution >= 4 is 12.3 Å². The van der Waals surface area contributed by atoms with Crippen LogP contribution in [0.4, 0.5) is 0 Å². The molecule has 67 valence electrons. The Labute approximate surface area is 89.3 Å². The Morgan fingerprint density at radius 3 is 1.83 bits per heavy atom. The van der Waals surface area contributed by atoms with Crippen molar-refractivity contribution in [1.29, 1.82) is 0 Å². The van der Waals surface area contributed by atoms with Crippen LogP contribution in [0.1, 0.15) is 20.8 Å². The van der Waals surface area contributed by atoms with Crippen LogP contribution in [-0.4, -0.2) is 24.3 Å². The van der Waals surface area contributed by atoms with Gasteiger partial charge in [-0.05, 0) is 7.05 Å². The number of likely N-dealkylation sites (N-methyl/N-ethyl adjacent to an activating group) is 1. The summed E-state index contributed by atoms with van der Waals surface area (Å²) in [4.78, 5) is 21.1. The summed E-state index contributed by atoms with van der Waals surface area (Å²) < 4.78 is 0. The molecule has 0 bridgehead atoms. The molecule has 4 heteroatoms. The molecule has 0 aliphatic rings. The first kappa shape index (κ1) is 17.6. The smallest absolute Gasteiger partial charge is 0.449 e. The summed E-state index contributed by atoms with van der Waals surface area (Å²) in [5.41, 5.74) is 0.0841. The molecule has 2 amide bonds. The van der Waals surface area contributed by atoms with Gasteiger partial charge in [-0.3, -0.25) is 6.58 Å². The molecule has 0 saturated heterocycles. The fraction of sp³-hybridized carbons (Fsp3) is 0.500. The molecule has 0 atom stereocenters. The Hall–Kier alpha value is -0.380. The summed E-state index contributed by atoms with van der Waals surface area (Å²) in [6, 6.07) is 0. The summed E-state index contributed by atoms with van der Waals surface area (Å²) in [7, 11) is 1.30. The summed E-state index contributed by atoms with van der Waals surface area (Å²) >= 11 is 0. The number of hydrogen-bond donors (Lipinski definition) is 0. The quantitative estimate of drug-likeness (QED) is 0.315. The molecule has 0 N–H and O–H groups in total. The zero-order chi connectivity index (χ0) is 9.44. The molecule has 0 spiro atoms. The number of amides is 2. The second-order valence-corrected chi connectivity index (χ2v) is 1.64. The molecule has 0 aromatic heterocycles. The van der Waals surface area contributed by atoms with Gasteiger partial charge < -0.3 is 14.5 Å². The van der Waals surface area contributed by atoms with Crippen molar-refractivity contribution < 1.29 is 32.0 Å². The van der Waals surface area contributed by atoms with Crippen molar-refractivity contribution in [3.63, 3.8) is 0 Å². The monoisotopic (exact) mass is 248 g/mol. The molecule has 0 aliphatic heterocycles. The molecule has 3 nitrogen and oxygen atoms in total. The van der Waals surface area contributed by atoms with Gasteiger partial charge in [-0.2, -0.15) is 5.57 Å². The Bertz CT molecular complexity index is 157. The van der Waals surface area contributed by atoms with Crippen LogP contribution in [-0.2, 0) is 32.0 Å². The van der Waals surface area contributed by atoms with Gasteiger partial charge >= 0.3 is 22.4 Å². The first-order valence-corrected chi connectivity index (χ1v) is 3.34. The van der Waals surface area contributed by atoms with Crippen LogP contribution in [0.25, 0.3) is 0 Å². The molecule has 0 unspecified atom stereocenters. The summed E-state index contributed by atoms with van der Waals surface area (Å²) in [6.07, 6.45) is 1.38. The fourth-order valence-electron chi connectivity index (χ4n) is 0.306. The second kappa shape index (κ2) is 10.6. The van der Waals surface area contributed by atoms with E-state index in [4.69, 9.17) is 6.58 Å². The van der Waals surface area contributed by atoms with Crippen LogP contribution >= 0.6 is 0 Å². The Kier molecular flexibility index (Phi) is 15.6. The third kappa shape index (κ3) is 7.72. The van der Waals surface area contributed by atoms with Crippen molar-refractivity contribution in [1.82, 2.24) is 4.90 Å². The summed E-state index contributed by atoms with van der Waals surface area (Å²) in [5, 5.41) is 0. The molecule has 1 radical (unpaired) electrons. The van der Waals surface area contributed by atoms with Gasteiger partial charge in [0.05, 0.1) is 12.3 Å². The zero-order valence-corrected chi connectivity index (χ0v) is 9.99. The van der Waals surface area contributed by atoms with Gasteiger partial charge in [-0.1, -0.05) is 20.8 Å². The largest absolute Gasteiger partial charge is 2.00 e. The minimum Gasteiger partial charge on any atom is -0.449 e. The van der Waals surface area contributed by atoms with Gasteiger partial charge in [-0.25, -0.2) is 0 Å². The molecule has 12 heavy (non-hydrogen) atoms. The Balaban J connectivity index is -0.000000249. The molecule has 0 aromatic rings. The molecule has 0 heterocycles. The van der Waals surface area contributed by atoms with Crippen LogP contribution in [0.5, 0.6) is 0 Å². The van der Waals surface area contributed by atoms with E-state index in [1.807, 2.05) is 13.8 Å². The average molecular weight is 248 g/mol. The predicted octanol–water partition coefficient (Wildman–Crippen LogP) is 0.915. The fourth-order valence-corrected chi connectivity index (χ4v) is 0.306. The molecular formula is C8H13NNbO2. The van der Waals surface area contributed by atoms with Gasteiger partial charge in [-0.15, -0.1) is 0 Å². The third-order valence-corrected chi connectivity index (χ3v) is 0.779. The van der Waals surface area contributed by atoms with Gasteiger partial charge in [0.15, 0.2) is 0 Å². The van der Waals surface area contributed by atoms with Gasteiger partial charge in [0.1, 0.15) is 0 Å². The minimum atomic E-state index is -0.509. The third-order valence-electron chi connectivity index (χ3n) is 0.779. The molecule has 0 aromatic carbocycles. The number of hydrogen-bond acceptors (Lipinski definition) is 2. The number of nitrogens with zero attached hydrogens (tertiary/aromatic N) is 1. The van der Waals surface area contributed by atoms with E-state index in [2.05, 4.69) is 0 Å². The number of carbonyl (C=O) groups excluding carboxylic acids is 2. The van der Waals surface area contributed by atoms with E-state index in [1.165, 1.54) is 20.4 Å². The maximum atomic E-state index is 10.6. The van der Waals surface area contributed by atoms with E-state index < -0.39 is 5.91 Å². The van der Waals surface area contributed by atoms with E-state index >= 15 is 0 Å². The van der Waals surface area contributed by atoms with Crippen LogP contribution in [0.2, 0.25) is 0 Å². The van der Waals surface area contributed by atoms with E-state index in [0.717, 1.165) is 4.90 Å². The standard InChI is InChI=1S/C6H7NO2.C2H6.Nb/c1-5(2)6(9)7(3)4-8;1-2;/h1H,2-3H3;1-2H3;/q-2;;+2. The van der Waals surface area contributed by atoms with E-state index in [1.54, 1.807) is 0 Å². The summed E-state index contributed by atoms with van der Waals surface area (Å²) in [5.74, 6) is -0.509. The number of carbonyl (C=O) groups is 1. The SMILES string of the molecule is CC.[CH-]=C(C)C(=O)N(C)[C-]=O.[Nb+2].